The lowest BCUT2D eigenvalue weighted by Crippen LogP contribution is -2.21. The van der Waals surface area contributed by atoms with E-state index in [9.17, 15) is 9.59 Å². The number of esters is 1. The minimum absolute atomic E-state index is 0.0791. The Bertz CT molecular complexity index is 892. The summed E-state index contributed by atoms with van der Waals surface area (Å²) < 4.78 is 16.0. The molecule has 0 aromatic heterocycles. The molecule has 0 bridgehead atoms. The number of nitrogens with zero attached hydrogens (tertiary/aromatic N) is 1. The highest BCUT2D eigenvalue weighted by Gasteiger charge is 2.13. The molecule has 0 saturated heterocycles. The van der Waals surface area contributed by atoms with E-state index in [0.717, 1.165) is 10.5 Å². The van der Waals surface area contributed by atoms with Crippen molar-refractivity contribution < 1.29 is 23.8 Å². The Balaban J connectivity index is 1.40. The minimum atomic E-state index is -0.487. The van der Waals surface area contributed by atoms with Crippen LogP contribution >= 0.6 is 11.8 Å². The van der Waals surface area contributed by atoms with E-state index in [0.29, 0.717) is 36.8 Å². The molecule has 28 heavy (non-hydrogen) atoms. The third-order valence-electron chi connectivity index (χ3n) is 3.76. The van der Waals surface area contributed by atoms with Crippen molar-refractivity contribution in [3.63, 3.8) is 0 Å². The number of nitriles is 1. The Hall–Kier alpha value is -3.18. The molecule has 1 amide bonds. The average Bonchev–Trinajstić information content (AvgIpc) is 2.72. The Kier molecular flexibility index (Phi) is 6.76. The molecule has 0 spiro atoms. The molecule has 0 atom stereocenters. The van der Waals surface area contributed by atoms with Crippen LogP contribution < -0.4 is 14.8 Å². The SMILES string of the molecule is N#CCc1ccc(NC(=O)COC(=O)CSc2ccc3c(c2)OCCO3)cc1. The van der Waals surface area contributed by atoms with Gasteiger partial charge < -0.3 is 19.5 Å². The fraction of sp³-hybridized carbons (Fsp3) is 0.250. The molecule has 1 N–H and O–H groups in total. The quantitative estimate of drug-likeness (QED) is 0.566. The fourth-order valence-electron chi connectivity index (χ4n) is 2.44. The van der Waals surface area contributed by atoms with Crippen molar-refractivity contribution in [1.82, 2.24) is 0 Å². The van der Waals surface area contributed by atoms with E-state index in [-0.39, 0.29) is 12.4 Å². The van der Waals surface area contributed by atoms with E-state index in [1.165, 1.54) is 11.8 Å². The number of carbonyl (C=O) groups is 2. The maximum Gasteiger partial charge on any atom is 0.316 e. The van der Waals surface area contributed by atoms with Crippen molar-refractivity contribution in [2.24, 2.45) is 0 Å². The van der Waals surface area contributed by atoms with Crippen LogP contribution in [0.4, 0.5) is 5.69 Å². The number of rotatable bonds is 7. The molecule has 8 heteroatoms. The topological polar surface area (TPSA) is 97.7 Å². The molecule has 0 unspecified atom stereocenters. The maximum atomic E-state index is 11.9. The zero-order valence-corrected chi connectivity index (χ0v) is 15.8. The van der Waals surface area contributed by atoms with E-state index in [2.05, 4.69) is 11.4 Å². The van der Waals surface area contributed by atoms with Gasteiger partial charge in [0.15, 0.2) is 18.1 Å². The second kappa shape index (κ2) is 9.67. The molecule has 1 heterocycles. The van der Waals surface area contributed by atoms with Crippen LogP contribution in [0.5, 0.6) is 11.5 Å². The predicted octanol–water partition coefficient (Wildman–Crippen LogP) is 2.80. The second-order valence-electron chi connectivity index (χ2n) is 5.83. The Morgan fingerprint density at radius 2 is 1.86 bits per heavy atom. The van der Waals surface area contributed by atoms with Gasteiger partial charge in [0.1, 0.15) is 13.2 Å². The average molecular weight is 398 g/mol. The van der Waals surface area contributed by atoms with Gasteiger partial charge in [-0.2, -0.15) is 5.26 Å². The third-order valence-corrected chi connectivity index (χ3v) is 4.72. The van der Waals surface area contributed by atoms with E-state index >= 15 is 0 Å². The number of carbonyl (C=O) groups excluding carboxylic acids is 2. The molecule has 0 aliphatic carbocycles. The van der Waals surface area contributed by atoms with Gasteiger partial charge in [-0.15, -0.1) is 11.8 Å². The van der Waals surface area contributed by atoms with E-state index in [4.69, 9.17) is 19.5 Å². The summed E-state index contributed by atoms with van der Waals surface area (Å²) in [5.41, 5.74) is 1.44. The molecule has 2 aromatic rings. The standard InChI is InChI=1S/C20H18N2O5S/c21-8-7-14-1-3-15(4-2-14)22-19(23)12-27-20(24)13-28-16-5-6-17-18(11-16)26-10-9-25-17/h1-6,11H,7,9-10,12-13H2,(H,22,23). The van der Waals surface area contributed by atoms with Crippen LogP contribution in [0, 0.1) is 11.3 Å². The van der Waals surface area contributed by atoms with Crippen molar-refractivity contribution in [3.8, 4) is 17.6 Å². The zero-order valence-electron chi connectivity index (χ0n) is 15.0. The fourth-order valence-corrected chi connectivity index (χ4v) is 3.16. The molecule has 0 radical (unpaired) electrons. The number of hydrogen-bond donors (Lipinski definition) is 1. The van der Waals surface area contributed by atoms with Crippen LogP contribution in [-0.2, 0) is 20.7 Å². The van der Waals surface area contributed by atoms with Gasteiger partial charge in [-0.3, -0.25) is 9.59 Å². The lowest BCUT2D eigenvalue weighted by Gasteiger charge is -2.18. The summed E-state index contributed by atoms with van der Waals surface area (Å²) in [4.78, 5) is 24.6. The number of hydrogen-bond acceptors (Lipinski definition) is 7. The van der Waals surface area contributed by atoms with Crippen LogP contribution in [0.15, 0.2) is 47.4 Å². The first kappa shape index (κ1) is 19.6. The van der Waals surface area contributed by atoms with E-state index < -0.39 is 11.9 Å². The highest BCUT2D eigenvalue weighted by atomic mass is 32.2. The van der Waals surface area contributed by atoms with Crippen LogP contribution in [0.3, 0.4) is 0 Å². The van der Waals surface area contributed by atoms with Crippen molar-refractivity contribution in [2.45, 2.75) is 11.3 Å². The largest absolute Gasteiger partial charge is 0.486 e. The highest BCUT2D eigenvalue weighted by molar-refractivity contribution is 8.00. The molecule has 1 aliphatic rings. The van der Waals surface area contributed by atoms with Crippen LogP contribution in [-0.4, -0.2) is 37.4 Å². The molecular formula is C20H18N2O5S. The minimum Gasteiger partial charge on any atom is -0.486 e. The lowest BCUT2D eigenvalue weighted by molar-refractivity contribution is -0.144. The number of benzene rings is 2. The summed E-state index contributed by atoms with van der Waals surface area (Å²) in [6, 6.07) is 14.4. The number of amides is 1. The van der Waals surface area contributed by atoms with Crippen molar-refractivity contribution in [1.29, 1.82) is 5.26 Å². The number of thioether (sulfide) groups is 1. The first-order valence-electron chi connectivity index (χ1n) is 8.58. The number of nitrogens with one attached hydrogen (secondary N) is 1. The van der Waals surface area contributed by atoms with E-state index in [1.54, 1.807) is 30.3 Å². The van der Waals surface area contributed by atoms with Crippen LogP contribution in [0.2, 0.25) is 0 Å². The molecule has 1 aliphatic heterocycles. The highest BCUT2D eigenvalue weighted by Crippen LogP contribution is 2.34. The van der Waals surface area contributed by atoms with Gasteiger partial charge >= 0.3 is 5.97 Å². The molecule has 2 aromatic carbocycles. The van der Waals surface area contributed by atoms with Gasteiger partial charge in [-0.05, 0) is 35.9 Å². The normalized spacial score (nSPS) is 12.0. The first-order valence-corrected chi connectivity index (χ1v) is 9.56. The van der Waals surface area contributed by atoms with Crippen molar-refractivity contribution >= 4 is 29.3 Å². The van der Waals surface area contributed by atoms with E-state index in [1.807, 2.05) is 12.1 Å². The van der Waals surface area contributed by atoms with Crippen molar-refractivity contribution in [2.75, 3.05) is 30.9 Å². The van der Waals surface area contributed by atoms with Crippen LogP contribution in [0.25, 0.3) is 0 Å². The summed E-state index contributed by atoms with van der Waals surface area (Å²) in [7, 11) is 0. The van der Waals surface area contributed by atoms with Gasteiger partial charge in [0.05, 0.1) is 18.2 Å². The second-order valence-corrected chi connectivity index (χ2v) is 6.88. The lowest BCUT2D eigenvalue weighted by atomic mass is 10.1. The van der Waals surface area contributed by atoms with Gasteiger partial charge in [0, 0.05) is 10.6 Å². The number of ether oxygens (including phenoxy) is 3. The third kappa shape index (κ3) is 5.66. The van der Waals surface area contributed by atoms with Gasteiger partial charge in [0.2, 0.25) is 0 Å². The van der Waals surface area contributed by atoms with Crippen molar-refractivity contribution in [3.05, 3.63) is 48.0 Å². The Morgan fingerprint density at radius 1 is 1.11 bits per heavy atom. The molecule has 7 nitrogen and oxygen atoms in total. The van der Waals surface area contributed by atoms with Crippen LogP contribution in [0.1, 0.15) is 5.56 Å². The monoisotopic (exact) mass is 398 g/mol. The summed E-state index contributed by atoms with van der Waals surface area (Å²) in [6.07, 6.45) is 0.312. The summed E-state index contributed by atoms with van der Waals surface area (Å²) >= 11 is 1.30. The van der Waals surface area contributed by atoms with Gasteiger partial charge in [-0.25, -0.2) is 0 Å². The summed E-state index contributed by atoms with van der Waals surface area (Å²) in [5.74, 6) is 0.515. The molecule has 144 valence electrons. The maximum absolute atomic E-state index is 11.9. The number of fused-ring (bicyclic) bond motifs is 1. The Morgan fingerprint density at radius 3 is 2.61 bits per heavy atom. The summed E-state index contributed by atoms with van der Waals surface area (Å²) in [6.45, 7) is 0.664. The van der Waals surface area contributed by atoms with Gasteiger partial charge in [0.25, 0.3) is 5.91 Å². The number of anilines is 1. The van der Waals surface area contributed by atoms with Gasteiger partial charge in [-0.1, -0.05) is 12.1 Å². The molecule has 0 saturated carbocycles. The predicted molar refractivity (Wildman–Crippen MR) is 104 cm³/mol. The smallest absolute Gasteiger partial charge is 0.316 e. The molecular weight excluding hydrogens is 380 g/mol. The zero-order chi connectivity index (χ0) is 19.8. The summed E-state index contributed by atoms with van der Waals surface area (Å²) in [5, 5.41) is 11.3. The first-order chi connectivity index (χ1) is 13.6. The molecule has 3 rings (SSSR count). The molecule has 0 fully saturated rings. The Labute approximate surface area is 166 Å².